The van der Waals surface area contributed by atoms with Crippen molar-refractivity contribution in [2.24, 2.45) is 11.8 Å². The Labute approximate surface area is 123 Å². The second-order valence-corrected chi connectivity index (χ2v) is 6.12. The third-order valence-electron chi connectivity index (χ3n) is 3.44. The zero-order valence-corrected chi connectivity index (χ0v) is 12.6. The van der Waals surface area contributed by atoms with Crippen LogP contribution in [0.25, 0.3) is 0 Å². The molecule has 1 aliphatic rings. The lowest BCUT2D eigenvalue weighted by molar-refractivity contribution is 0.0929. The monoisotopic (exact) mass is 305 g/mol. The van der Waals surface area contributed by atoms with Crippen molar-refractivity contribution in [2.75, 3.05) is 13.1 Å². The van der Waals surface area contributed by atoms with Gasteiger partial charge in [0.25, 0.3) is 0 Å². The molecular weight excluding hydrogens is 288 g/mol. The fourth-order valence-corrected chi connectivity index (χ4v) is 3.02. The van der Waals surface area contributed by atoms with E-state index in [1.54, 1.807) is 0 Å². The van der Waals surface area contributed by atoms with Crippen molar-refractivity contribution in [3.63, 3.8) is 0 Å². The summed E-state index contributed by atoms with van der Waals surface area (Å²) >= 11 is 11.8. The molecule has 0 radical (unpaired) electrons. The van der Waals surface area contributed by atoms with E-state index in [-0.39, 0.29) is 27.8 Å². The lowest BCUT2D eigenvalue weighted by Crippen LogP contribution is -2.33. The summed E-state index contributed by atoms with van der Waals surface area (Å²) in [7, 11) is 0. The van der Waals surface area contributed by atoms with Crippen LogP contribution in [0.1, 0.15) is 20.3 Å². The van der Waals surface area contributed by atoms with E-state index >= 15 is 0 Å². The second kappa shape index (κ2) is 6.29. The van der Waals surface area contributed by atoms with Crippen LogP contribution in [-0.4, -0.2) is 19.2 Å². The SMILES string of the molecule is CC(C)[C@H](Oc1c(F)cc(Cl)cc1Cl)[C@@H]1CCNC1. The largest absolute Gasteiger partial charge is 0.485 e. The molecule has 1 fully saturated rings. The predicted molar refractivity (Wildman–Crippen MR) is 76.7 cm³/mol. The lowest BCUT2D eigenvalue weighted by atomic mass is 9.92. The first-order valence-corrected chi connectivity index (χ1v) is 7.26. The topological polar surface area (TPSA) is 21.3 Å². The number of nitrogens with one attached hydrogen (secondary N) is 1. The number of hydrogen-bond acceptors (Lipinski definition) is 2. The Kier molecular flexibility index (Phi) is 4.93. The summed E-state index contributed by atoms with van der Waals surface area (Å²) in [5, 5.41) is 3.80. The van der Waals surface area contributed by atoms with Crippen LogP contribution in [-0.2, 0) is 0 Å². The van der Waals surface area contributed by atoms with Gasteiger partial charge in [0.15, 0.2) is 11.6 Å². The number of rotatable bonds is 4. The smallest absolute Gasteiger partial charge is 0.174 e. The standard InChI is InChI=1S/C14H18Cl2FNO/c1-8(2)13(9-3-4-18-7-9)19-14-11(16)5-10(15)6-12(14)17/h5-6,8-9,13,18H,3-4,7H2,1-2H3/t9-,13+/m1/s1. The molecule has 0 aliphatic carbocycles. The number of benzene rings is 1. The second-order valence-electron chi connectivity index (χ2n) is 5.28. The normalized spacial score (nSPS) is 20.8. The van der Waals surface area contributed by atoms with Gasteiger partial charge in [-0.3, -0.25) is 0 Å². The minimum absolute atomic E-state index is 0.0526. The summed E-state index contributed by atoms with van der Waals surface area (Å²) in [6.07, 6.45) is 0.985. The highest BCUT2D eigenvalue weighted by Gasteiger charge is 2.30. The van der Waals surface area contributed by atoms with Crippen molar-refractivity contribution in [1.82, 2.24) is 5.32 Å². The quantitative estimate of drug-likeness (QED) is 0.902. The maximum Gasteiger partial charge on any atom is 0.174 e. The molecule has 0 bridgehead atoms. The minimum atomic E-state index is -0.505. The molecule has 1 saturated heterocycles. The molecule has 0 saturated carbocycles. The highest BCUT2D eigenvalue weighted by Crippen LogP contribution is 2.34. The zero-order valence-electron chi connectivity index (χ0n) is 11.1. The molecule has 0 amide bonds. The van der Waals surface area contributed by atoms with Crippen LogP contribution in [0.3, 0.4) is 0 Å². The van der Waals surface area contributed by atoms with Gasteiger partial charge in [0.1, 0.15) is 6.10 Å². The Morgan fingerprint density at radius 3 is 2.63 bits per heavy atom. The van der Waals surface area contributed by atoms with Crippen LogP contribution in [0, 0.1) is 17.7 Å². The molecular formula is C14H18Cl2FNO. The van der Waals surface area contributed by atoms with E-state index in [2.05, 4.69) is 19.2 Å². The van der Waals surface area contributed by atoms with E-state index < -0.39 is 5.82 Å². The van der Waals surface area contributed by atoms with E-state index in [0.717, 1.165) is 19.5 Å². The van der Waals surface area contributed by atoms with Crippen molar-refractivity contribution in [3.8, 4) is 5.75 Å². The van der Waals surface area contributed by atoms with Crippen molar-refractivity contribution >= 4 is 23.2 Å². The van der Waals surface area contributed by atoms with Crippen molar-refractivity contribution < 1.29 is 9.13 Å². The summed E-state index contributed by atoms with van der Waals surface area (Å²) < 4.78 is 19.8. The summed E-state index contributed by atoms with van der Waals surface area (Å²) in [5.74, 6) is 0.271. The Balaban J connectivity index is 2.21. The Bertz CT molecular complexity index is 424. The van der Waals surface area contributed by atoms with Crippen LogP contribution in [0.15, 0.2) is 12.1 Å². The van der Waals surface area contributed by atoms with Gasteiger partial charge in [0, 0.05) is 17.5 Å². The van der Waals surface area contributed by atoms with Gasteiger partial charge < -0.3 is 10.1 Å². The van der Waals surface area contributed by atoms with Crippen LogP contribution in [0.5, 0.6) is 5.75 Å². The van der Waals surface area contributed by atoms with Gasteiger partial charge in [-0.15, -0.1) is 0 Å². The Morgan fingerprint density at radius 1 is 1.37 bits per heavy atom. The molecule has 106 valence electrons. The maximum absolute atomic E-state index is 13.9. The molecule has 0 unspecified atom stereocenters. The molecule has 0 aromatic heterocycles. The van der Waals surface area contributed by atoms with Gasteiger partial charge in [-0.2, -0.15) is 0 Å². The summed E-state index contributed by atoms with van der Waals surface area (Å²) in [5.41, 5.74) is 0. The van der Waals surface area contributed by atoms with E-state index in [1.165, 1.54) is 12.1 Å². The summed E-state index contributed by atoms with van der Waals surface area (Å²) in [4.78, 5) is 0. The average Bonchev–Trinajstić information content (AvgIpc) is 2.80. The summed E-state index contributed by atoms with van der Waals surface area (Å²) in [6, 6.07) is 2.73. The van der Waals surface area contributed by atoms with Crippen LogP contribution in [0.2, 0.25) is 10.0 Å². The first kappa shape index (κ1) is 14.9. The molecule has 2 atom stereocenters. The highest BCUT2D eigenvalue weighted by atomic mass is 35.5. The first-order valence-electron chi connectivity index (χ1n) is 6.51. The average molecular weight is 306 g/mol. The van der Waals surface area contributed by atoms with Crippen molar-refractivity contribution in [2.45, 2.75) is 26.4 Å². The third kappa shape index (κ3) is 3.53. The van der Waals surface area contributed by atoms with E-state index in [4.69, 9.17) is 27.9 Å². The minimum Gasteiger partial charge on any atom is -0.485 e. The van der Waals surface area contributed by atoms with Gasteiger partial charge in [0.05, 0.1) is 5.02 Å². The van der Waals surface area contributed by atoms with Crippen LogP contribution < -0.4 is 10.1 Å². The lowest BCUT2D eigenvalue weighted by Gasteiger charge is -2.28. The van der Waals surface area contributed by atoms with E-state index in [1.807, 2.05) is 0 Å². The highest BCUT2D eigenvalue weighted by molar-refractivity contribution is 6.35. The number of hydrogen-bond donors (Lipinski definition) is 1. The van der Waals surface area contributed by atoms with Crippen molar-refractivity contribution in [1.29, 1.82) is 0 Å². The molecule has 0 spiro atoms. The molecule has 1 aromatic carbocycles. The first-order chi connectivity index (χ1) is 8.99. The van der Waals surface area contributed by atoms with Gasteiger partial charge in [-0.05, 0) is 31.0 Å². The molecule has 5 heteroatoms. The predicted octanol–water partition coefficient (Wildman–Crippen LogP) is 4.15. The molecule has 1 aliphatic heterocycles. The van der Waals surface area contributed by atoms with Gasteiger partial charge in [-0.1, -0.05) is 37.0 Å². The van der Waals surface area contributed by atoms with Gasteiger partial charge >= 0.3 is 0 Å². The Morgan fingerprint density at radius 2 is 2.11 bits per heavy atom. The molecule has 19 heavy (non-hydrogen) atoms. The molecule has 2 nitrogen and oxygen atoms in total. The van der Waals surface area contributed by atoms with E-state index in [0.29, 0.717) is 5.92 Å². The zero-order chi connectivity index (χ0) is 14.0. The fraction of sp³-hybridized carbons (Fsp3) is 0.571. The van der Waals surface area contributed by atoms with Crippen LogP contribution >= 0.6 is 23.2 Å². The van der Waals surface area contributed by atoms with E-state index in [9.17, 15) is 4.39 Å². The number of ether oxygens (including phenoxy) is 1. The molecule has 1 heterocycles. The molecule has 2 rings (SSSR count). The third-order valence-corrected chi connectivity index (χ3v) is 3.94. The van der Waals surface area contributed by atoms with Crippen molar-refractivity contribution in [3.05, 3.63) is 28.0 Å². The van der Waals surface area contributed by atoms with Gasteiger partial charge in [-0.25, -0.2) is 4.39 Å². The Hall–Kier alpha value is -0.510. The summed E-state index contributed by atoms with van der Waals surface area (Å²) in [6.45, 7) is 6.03. The molecule has 1 aromatic rings. The van der Waals surface area contributed by atoms with Gasteiger partial charge in [0.2, 0.25) is 0 Å². The van der Waals surface area contributed by atoms with Crippen LogP contribution in [0.4, 0.5) is 4.39 Å². The number of halogens is 3. The molecule has 1 N–H and O–H groups in total. The maximum atomic E-state index is 13.9. The fourth-order valence-electron chi connectivity index (χ4n) is 2.51.